The van der Waals surface area contributed by atoms with Gasteiger partial charge in [0.2, 0.25) is 0 Å². The zero-order valence-electron chi connectivity index (χ0n) is 9.36. The Labute approximate surface area is 96.1 Å². The fourth-order valence-electron chi connectivity index (χ4n) is 1.52. The first-order valence-corrected chi connectivity index (χ1v) is 5.52. The zero-order chi connectivity index (χ0) is 11.2. The topological polar surface area (TPSA) is 9.23 Å². The lowest BCUT2D eigenvalue weighted by Gasteiger charge is -1.97. The molecule has 0 aliphatic rings. The van der Waals surface area contributed by atoms with Crippen molar-refractivity contribution in [1.29, 1.82) is 0 Å². The van der Waals surface area contributed by atoms with Crippen LogP contribution in [0, 0.1) is 12.0 Å². The van der Waals surface area contributed by atoms with Crippen LogP contribution < -0.4 is 0 Å². The van der Waals surface area contributed by atoms with Gasteiger partial charge in [0, 0.05) is 5.56 Å². The molecule has 0 bridgehead atoms. The van der Waals surface area contributed by atoms with Crippen molar-refractivity contribution in [2.45, 2.75) is 13.3 Å². The molecule has 0 saturated carbocycles. The SMILES string of the molecule is CCCOC#Cc1ccc2ccccc2c1. The molecule has 0 heterocycles. The summed E-state index contributed by atoms with van der Waals surface area (Å²) in [4.78, 5) is 0. The molecule has 0 aliphatic heterocycles. The maximum absolute atomic E-state index is 5.14. The van der Waals surface area contributed by atoms with Crippen LogP contribution in [0.5, 0.6) is 0 Å². The van der Waals surface area contributed by atoms with Gasteiger partial charge in [-0.3, -0.25) is 0 Å². The van der Waals surface area contributed by atoms with Gasteiger partial charge in [0.1, 0.15) is 6.11 Å². The average molecular weight is 210 g/mol. The summed E-state index contributed by atoms with van der Waals surface area (Å²) in [5.41, 5.74) is 0.995. The standard InChI is InChI=1S/C15H14O/c1-2-10-16-11-9-13-7-8-14-5-3-4-6-15(14)12-13/h3-8,12H,2,10H2,1H3. The molecule has 0 unspecified atom stereocenters. The van der Waals surface area contributed by atoms with E-state index in [0.717, 1.165) is 12.0 Å². The Morgan fingerprint density at radius 2 is 1.88 bits per heavy atom. The van der Waals surface area contributed by atoms with Gasteiger partial charge in [-0.25, -0.2) is 0 Å². The predicted octanol–water partition coefficient (Wildman–Crippen LogP) is 3.58. The maximum Gasteiger partial charge on any atom is 0.115 e. The van der Waals surface area contributed by atoms with Gasteiger partial charge in [0.05, 0.1) is 6.61 Å². The molecule has 1 heteroatoms. The van der Waals surface area contributed by atoms with Gasteiger partial charge in [0.15, 0.2) is 0 Å². The smallest absolute Gasteiger partial charge is 0.115 e. The molecule has 0 aliphatic carbocycles. The van der Waals surface area contributed by atoms with E-state index < -0.39 is 0 Å². The first-order chi connectivity index (χ1) is 7.90. The van der Waals surface area contributed by atoms with Gasteiger partial charge in [-0.15, -0.1) is 0 Å². The van der Waals surface area contributed by atoms with Gasteiger partial charge in [0.25, 0.3) is 0 Å². The van der Waals surface area contributed by atoms with Crippen molar-refractivity contribution in [2.75, 3.05) is 6.61 Å². The number of fused-ring (bicyclic) bond motifs is 1. The van der Waals surface area contributed by atoms with E-state index in [1.165, 1.54) is 10.8 Å². The normalized spacial score (nSPS) is 9.56. The molecule has 2 aromatic rings. The van der Waals surface area contributed by atoms with E-state index in [-0.39, 0.29) is 0 Å². The summed E-state index contributed by atoms with van der Waals surface area (Å²) in [6.07, 6.45) is 3.71. The maximum atomic E-state index is 5.14. The number of benzene rings is 2. The van der Waals surface area contributed by atoms with Gasteiger partial charge in [-0.2, -0.15) is 0 Å². The van der Waals surface area contributed by atoms with Crippen molar-refractivity contribution in [3.05, 3.63) is 48.0 Å². The number of hydrogen-bond donors (Lipinski definition) is 0. The van der Waals surface area contributed by atoms with Crippen LogP contribution in [0.1, 0.15) is 18.9 Å². The van der Waals surface area contributed by atoms with Crippen molar-refractivity contribution in [3.63, 3.8) is 0 Å². The fourth-order valence-corrected chi connectivity index (χ4v) is 1.52. The number of rotatable bonds is 2. The highest BCUT2D eigenvalue weighted by atomic mass is 16.5. The third-order valence-electron chi connectivity index (χ3n) is 2.32. The van der Waals surface area contributed by atoms with Crippen LogP contribution in [-0.4, -0.2) is 6.61 Å². The quantitative estimate of drug-likeness (QED) is 0.544. The van der Waals surface area contributed by atoms with Crippen molar-refractivity contribution in [3.8, 4) is 12.0 Å². The van der Waals surface area contributed by atoms with Gasteiger partial charge >= 0.3 is 0 Å². The van der Waals surface area contributed by atoms with E-state index in [1.54, 1.807) is 0 Å². The Morgan fingerprint density at radius 1 is 1.06 bits per heavy atom. The van der Waals surface area contributed by atoms with E-state index in [9.17, 15) is 0 Å². The van der Waals surface area contributed by atoms with Crippen LogP contribution in [0.4, 0.5) is 0 Å². The molecule has 0 fully saturated rings. The van der Waals surface area contributed by atoms with Crippen LogP contribution in [0.25, 0.3) is 10.8 Å². The Morgan fingerprint density at radius 3 is 2.69 bits per heavy atom. The Bertz CT molecular complexity index is 532. The van der Waals surface area contributed by atoms with Crippen molar-refractivity contribution < 1.29 is 4.74 Å². The van der Waals surface area contributed by atoms with Crippen LogP contribution >= 0.6 is 0 Å². The minimum absolute atomic E-state index is 0.695. The second-order valence-corrected chi connectivity index (χ2v) is 3.64. The lowest BCUT2D eigenvalue weighted by molar-refractivity contribution is 0.278. The second-order valence-electron chi connectivity index (χ2n) is 3.64. The summed E-state index contributed by atoms with van der Waals surface area (Å²) >= 11 is 0. The highest BCUT2D eigenvalue weighted by Gasteiger charge is 1.92. The summed E-state index contributed by atoms with van der Waals surface area (Å²) in [6.45, 7) is 2.76. The molecule has 0 spiro atoms. The third kappa shape index (κ3) is 2.55. The Balaban J connectivity index is 2.21. The van der Waals surface area contributed by atoms with Crippen LogP contribution in [0.3, 0.4) is 0 Å². The molecule has 2 rings (SSSR count). The predicted molar refractivity (Wildman–Crippen MR) is 67.1 cm³/mol. The van der Waals surface area contributed by atoms with Crippen LogP contribution in [-0.2, 0) is 4.74 Å². The first-order valence-electron chi connectivity index (χ1n) is 5.52. The third-order valence-corrected chi connectivity index (χ3v) is 2.32. The largest absolute Gasteiger partial charge is 0.446 e. The van der Waals surface area contributed by atoms with Crippen LogP contribution in [0.15, 0.2) is 42.5 Å². The van der Waals surface area contributed by atoms with Crippen LogP contribution in [0.2, 0.25) is 0 Å². The Kier molecular flexibility index (Phi) is 3.46. The second kappa shape index (κ2) is 5.23. The van der Waals surface area contributed by atoms with Crippen molar-refractivity contribution in [1.82, 2.24) is 0 Å². The number of hydrogen-bond acceptors (Lipinski definition) is 1. The molecule has 0 aromatic heterocycles. The highest BCUT2D eigenvalue weighted by Crippen LogP contribution is 2.14. The molecular formula is C15H14O. The minimum atomic E-state index is 0.695. The molecule has 80 valence electrons. The summed E-state index contributed by atoms with van der Waals surface area (Å²) in [5.74, 6) is 3.00. The molecule has 0 N–H and O–H groups in total. The Hall–Kier alpha value is -1.94. The zero-order valence-corrected chi connectivity index (χ0v) is 9.36. The summed E-state index contributed by atoms with van der Waals surface area (Å²) in [6, 6.07) is 14.4. The van der Waals surface area contributed by atoms with Crippen molar-refractivity contribution >= 4 is 10.8 Å². The van der Waals surface area contributed by atoms with Gasteiger partial charge < -0.3 is 4.74 Å². The summed E-state index contributed by atoms with van der Waals surface area (Å²) in [7, 11) is 0. The lowest BCUT2D eigenvalue weighted by atomic mass is 10.1. The molecule has 1 nitrogen and oxygen atoms in total. The summed E-state index contributed by atoms with van der Waals surface area (Å²) in [5, 5.41) is 2.45. The van der Waals surface area contributed by atoms with Crippen molar-refractivity contribution in [2.24, 2.45) is 0 Å². The summed E-state index contributed by atoms with van der Waals surface area (Å²) < 4.78 is 5.14. The molecule has 0 amide bonds. The number of ether oxygens (including phenoxy) is 1. The molecule has 2 aromatic carbocycles. The van der Waals surface area contributed by atoms with E-state index in [2.05, 4.69) is 43.2 Å². The molecule has 16 heavy (non-hydrogen) atoms. The fraction of sp³-hybridized carbons (Fsp3) is 0.200. The molecule has 0 atom stereocenters. The highest BCUT2D eigenvalue weighted by molar-refractivity contribution is 5.83. The van der Waals surface area contributed by atoms with E-state index in [0.29, 0.717) is 6.61 Å². The van der Waals surface area contributed by atoms with Gasteiger partial charge in [-0.1, -0.05) is 37.3 Å². The van der Waals surface area contributed by atoms with E-state index in [4.69, 9.17) is 4.74 Å². The molecular weight excluding hydrogens is 196 g/mol. The molecule has 0 radical (unpaired) electrons. The average Bonchev–Trinajstić information content (AvgIpc) is 2.34. The van der Waals surface area contributed by atoms with E-state index in [1.807, 2.05) is 18.2 Å². The lowest BCUT2D eigenvalue weighted by Crippen LogP contribution is -1.83. The monoisotopic (exact) mass is 210 g/mol. The minimum Gasteiger partial charge on any atom is -0.446 e. The molecule has 0 saturated heterocycles. The van der Waals surface area contributed by atoms with Gasteiger partial charge in [-0.05, 0) is 35.2 Å². The first kappa shape index (κ1) is 10.6. The van der Waals surface area contributed by atoms with E-state index >= 15 is 0 Å².